The molecule has 2 aliphatic rings. The quantitative estimate of drug-likeness (QED) is 0.575. The molecule has 0 aromatic heterocycles. The summed E-state index contributed by atoms with van der Waals surface area (Å²) in [5.41, 5.74) is 0. The predicted octanol–water partition coefficient (Wildman–Crippen LogP) is -0.204. The number of likely N-dealkylation sites (N-methyl/N-ethyl adjacent to an activating group) is 2. The Kier molecular flexibility index (Phi) is 3.02. The molecule has 2 amide bonds. The molecule has 0 radical (unpaired) electrons. The maximum Gasteiger partial charge on any atom is 0.227 e. The summed E-state index contributed by atoms with van der Waals surface area (Å²) < 4.78 is 0. The van der Waals surface area contributed by atoms with E-state index in [9.17, 15) is 9.59 Å². The Labute approximate surface area is 116 Å². The lowest BCUT2D eigenvalue weighted by atomic mass is 10.3. The van der Waals surface area contributed by atoms with Gasteiger partial charge in [0, 0.05) is 27.9 Å². The molecular formula is C10H14N4O2S2. The lowest BCUT2D eigenvalue weighted by Crippen LogP contribution is -2.50. The summed E-state index contributed by atoms with van der Waals surface area (Å²) in [5, 5.41) is 0.830. The molecule has 0 unspecified atom stereocenters. The van der Waals surface area contributed by atoms with E-state index >= 15 is 0 Å². The van der Waals surface area contributed by atoms with Crippen LogP contribution in [0.25, 0.3) is 0 Å². The second kappa shape index (κ2) is 4.13. The van der Waals surface area contributed by atoms with Gasteiger partial charge >= 0.3 is 0 Å². The number of fused-ring (bicyclic) bond motifs is 1. The van der Waals surface area contributed by atoms with Crippen LogP contribution >= 0.6 is 24.4 Å². The second-order valence-corrected chi connectivity index (χ2v) is 5.12. The van der Waals surface area contributed by atoms with E-state index in [1.54, 1.807) is 23.9 Å². The SMILES string of the molecule is CC(=O)N1C(=S)N(C)C2C1N(C(C)=O)C(=S)N2C. The average Bonchev–Trinajstić information content (AvgIpc) is 2.64. The third kappa shape index (κ3) is 1.52. The molecule has 2 rings (SSSR count). The molecule has 0 aromatic rings. The van der Waals surface area contributed by atoms with Crippen molar-refractivity contribution in [3.05, 3.63) is 0 Å². The Morgan fingerprint density at radius 1 is 0.889 bits per heavy atom. The van der Waals surface area contributed by atoms with Crippen molar-refractivity contribution in [3.63, 3.8) is 0 Å². The zero-order valence-corrected chi connectivity index (χ0v) is 12.2. The Morgan fingerprint density at radius 2 is 1.22 bits per heavy atom. The Bertz CT molecular complexity index is 427. The Morgan fingerprint density at radius 3 is 1.50 bits per heavy atom. The fourth-order valence-corrected chi connectivity index (χ4v) is 3.17. The summed E-state index contributed by atoms with van der Waals surface area (Å²) in [6.45, 7) is 2.87. The van der Waals surface area contributed by atoms with Crippen LogP contribution in [0.1, 0.15) is 13.8 Å². The van der Waals surface area contributed by atoms with Gasteiger partial charge in [0.05, 0.1) is 0 Å². The van der Waals surface area contributed by atoms with Gasteiger partial charge in [0.15, 0.2) is 16.4 Å². The summed E-state index contributed by atoms with van der Waals surface area (Å²) in [5.74, 6) is -0.382. The van der Waals surface area contributed by atoms with Crippen LogP contribution in [-0.2, 0) is 9.59 Å². The first kappa shape index (κ1) is 13.2. The molecule has 0 aliphatic carbocycles. The van der Waals surface area contributed by atoms with E-state index in [-0.39, 0.29) is 18.0 Å². The van der Waals surface area contributed by atoms with Gasteiger partial charge in [-0.3, -0.25) is 19.4 Å². The van der Waals surface area contributed by atoms with Crippen molar-refractivity contribution in [1.82, 2.24) is 19.6 Å². The van der Waals surface area contributed by atoms with Gasteiger partial charge in [-0.15, -0.1) is 0 Å². The van der Waals surface area contributed by atoms with Gasteiger partial charge in [-0.2, -0.15) is 0 Å². The molecule has 0 N–H and O–H groups in total. The summed E-state index contributed by atoms with van der Waals surface area (Å²) in [4.78, 5) is 29.9. The molecule has 0 spiro atoms. The van der Waals surface area contributed by atoms with Crippen molar-refractivity contribution in [2.75, 3.05) is 14.1 Å². The monoisotopic (exact) mass is 286 g/mol. The summed E-state index contributed by atoms with van der Waals surface area (Å²) in [7, 11) is 3.59. The first-order chi connectivity index (χ1) is 8.29. The van der Waals surface area contributed by atoms with Crippen LogP contribution in [0.5, 0.6) is 0 Å². The van der Waals surface area contributed by atoms with Crippen LogP contribution < -0.4 is 0 Å². The molecule has 8 heteroatoms. The van der Waals surface area contributed by atoms with Crippen molar-refractivity contribution < 1.29 is 9.59 Å². The molecule has 0 bridgehead atoms. The zero-order valence-electron chi connectivity index (χ0n) is 10.6. The fourth-order valence-electron chi connectivity index (χ4n) is 2.48. The maximum absolute atomic E-state index is 11.7. The number of hydrogen-bond acceptors (Lipinski definition) is 4. The molecule has 98 valence electrons. The highest BCUT2D eigenvalue weighted by Crippen LogP contribution is 2.33. The van der Waals surface area contributed by atoms with Crippen molar-refractivity contribution in [2.24, 2.45) is 0 Å². The molecule has 0 aromatic carbocycles. The number of carbonyl (C=O) groups excluding carboxylic acids is 2. The first-order valence-electron chi connectivity index (χ1n) is 5.42. The molecule has 2 aliphatic heterocycles. The minimum Gasteiger partial charge on any atom is -0.328 e. The average molecular weight is 286 g/mol. The Hall–Kier alpha value is -1.28. The van der Waals surface area contributed by atoms with E-state index in [0.29, 0.717) is 10.2 Å². The summed E-state index contributed by atoms with van der Waals surface area (Å²) in [6.07, 6.45) is -0.673. The summed E-state index contributed by atoms with van der Waals surface area (Å²) >= 11 is 10.5. The van der Waals surface area contributed by atoms with Crippen LogP contribution in [0.2, 0.25) is 0 Å². The molecule has 6 nitrogen and oxygen atoms in total. The zero-order chi connectivity index (χ0) is 13.8. The number of amides is 2. The van der Waals surface area contributed by atoms with Crippen LogP contribution in [0.4, 0.5) is 0 Å². The van der Waals surface area contributed by atoms with Gasteiger partial charge in [0.1, 0.15) is 6.17 Å². The lowest BCUT2D eigenvalue weighted by molar-refractivity contribution is -0.133. The highest BCUT2D eigenvalue weighted by Gasteiger charge is 2.56. The van der Waals surface area contributed by atoms with E-state index in [2.05, 4.69) is 0 Å². The molecule has 18 heavy (non-hydrogen) atoms. The largest absolute Gasteiger partial charge is 0.328 e. The summed E-state index contributed by atoms with van der Waals surface area (Å²) in [6, 6.07) is 0. The third-order valence-electron chi connectivity index (χ3n) is 3.28. The number of nitrogens with zero attached hydrogens (tertiary/aromatic N) is 4. The second-order valence-electron chi connectivity index (χ2n) is 4.39. The highest BCUT2D eigenvalue weighted by molar-refractivity contribution is 7.80. The highest BCUT2D eigenvalue weighted by atomic mass is 32.1. The van der Waals surface area contributed by atoms with Gasteiger partial charge in [-0.25, -0.2) is 0 Å². The number of carbonyl (C=O) groups is 2. The van der Waals surface area contributed by atoms with Crippen LogP contribution in [-0.4, -0.2) is 68.1 Å². The standard InChI is InChI=1S/C10H14N4O2S2/c1-5(15)13-8-7(11(3)9(13)17)12(4)10(18)14(8)6(2)16/h7-8H,1-4H3. The maximum atomic E-state index is 11.7. The van der Waals surface area contributed by atoms with Crippen molar-refractivity contribution >= 4 is 46.5 Å². The molecule has 2 fully saturated rings. The van der Waals surface area contributed by atoms with Gasteiger partial charge in [0.25, 0.3) is 0 Å². The first-order valence-corrected chi connectivity index (χ1v) is 6.24. The minimum absolute atomic E-state index is 0.191. The van der Waals surface area contributed by atoms with E-state index in [1.165, 1.54) is 23.6 Å². The van der Waals surface area contributed by atoms with Crippen LogP contribution in [0.3, 0.4) is 0 Å². The van der Waals surface area contributed by atoms with Crippen LogP contribution in [0.15, 0.2) is 0 Å². The molecule has 2 heterocycles. The third-order valence-corrected chi connectivity index (χ3v) is 4.25. The van der Waals surface area contributed by atoms with E-state index in [0.717, 1.165) is 0 Å². The van der Waals surface area contributed by atoms with E-state index in [1.807, 2.05) is 0 Å². The van der Waals surface area contributed by atoms with E-state index in [4.69, 9.17) is 24.4 Å². The minimum atomic E-state index is -0.463. The molecular weight excluding hydrogens is 272 g/mol. The van der Waals surface area contributed by atoms with Crippen molar-refractivity contribution in [2.45, 2.75) is 26.2 Å². The number of hydrogen-bond donors (Lipinski definition) is 0. The predicted molar refractivity (Wildman–Crippen MR) is 73.3 cm³/mol. The number of thiocarbonyl (C=S) groups is 2. The van der Waals surface area contributed by atoms with E-state index < -0.39 is 6.17 Å². The van der Waals surface area contributed by atoms with Gasteiger partial charge < -0.3 is 9.80 Å². The van der Waals surface area contributed by atoms with Crippen LogP contribution in [0, 0.1) is 0 Å². The molecule has 0 atom stereocenters. The lowest BCUT2D eigenvalue weighted by Gasteiger charge is -2.27. The van der Waals surface area contributed by atoms with Crippen molar-refractivity contribution in [3.8, 4) is 0 Å². The normalized spacial score (nSPS) is 27.1. The fraction of sp³-hybridized carbons (Fsp3) is 0.600. The molecule has 0 saturated carbocycles. The Balaban J connectivity index is 2.51. The van der Waals surface area contributed by atoms with Gasteiger partial charge in [0.2, 0.25) is 11.8 Å². The molecule has 2 saturated heterocycles. The smallest absolute Gasteiger partial charge is 0.227 e. The van der Waals surface area contributed by atoms with Gasteiger partial charge in [-0.1, -0.05) is 0 Å². The topological polar surface area (TPSA) is 47.1 Å². The van der Waals surface area contributed by atoms with Gasteiger partial charge in [-0.05, 0) is 24.4 Å². The number of rotatable bonds is 0. The van der Waals surface area contributed by atoms with Crippen molar-refractivity contribution in [1.29, 1.82) is 0 Å².